The second kappa shape index (κ2) is 5.40. The molecule has 0 aliphatic carbocycles. The first-order valence-electron chi connectivity index (χ1n) is 5.81. The van der Waals surface area contributed by atoms with Gasteiger partial charge >= 0.3 is 5.97 Å². The molecular formula is C13H14ClNO3. The Morgan fingerprint density at radius 3 is 2.61 bits per heavy atom. The first-order valence-corrected chi connectivity index (χ1v) is 6.19. The maximum atomic E-state index is 11.6. The fourth-order valence-electron chi connectivity index (χ4n) is 2.07. The van der Waals surface area contributed by atoms with E-state index in [1.807, 2.05) is 24.3 Å². The van der Waals surface area contributed by atoms with Gasteiger partial charge in [-0.25, -0.2) is 0 Å². The smallest absolute Gasteiger partial charge is 0.308 e. The molecule has 4 nitrogen and oxygen atoms in total. The van der Waals surface area contributed by atoms with E-state index in [-0.39, 0.29) is 12.3 Å². The van der Waals surface area contributed by atoms with Gasteiger partial charge in [0.25, 0.3) is 0 Å². The Morgan fingerprint density at radius 1 is 1.39 bits per heavy atom. The second-order valence-electron chi connectivity index (χ2n) is 4.46. The molecule has 18 heavy (non-hydrogen) atoms. The standard InChI is InChI=1S/C13H14ClNO3/c14-11-3-1-9(2-4-11)5-6-15-8-10(13(17)18)7-12(15)16/h1-4,10H,5-8H2,(H,17,18)/t10-/m1/s1. The number of halogens is 1. The van der Waals surface area contributed by atoms with E-state index in [1.165, 1.54) is 0 Å². The predicted molar refractivity (Wildman–Crippen MR) is 67.5 cm³/mol. The number of carbonyl (C=O) groups excluding carboxylic acids is 1. The van der Waals surface area contributed by atoms with Crippen molar-refractivity contribution >= 4 is 23.5 Å². The minimum atomic E-state index is -0.891. The summed E-state index contributed by atoms with van der Waals surface area (Å²) < 4.78 is 0. The summed E-state index contributed by atoms with van der Waals surface area (Å²) in [6, 6.07) is 7.45. The number of carbonyl (C=O) groups is 2. The molecule has 1 N–H and O–H groups in total. The molecule has 0 saturated carbocycles. The second-order valence-corrected chi connectivity index (χ2v) is 4.89. The number of carboxylic acid groups (broad SMARTS) is 1. The summed E-state index contributed by atoms with van der Waals surface area (Å²) in [7, 11) is 0. The van der Waals surface area contributed by atoms with Crippen LogP contribution in [0.3, 0.4) is 0 Å². The topological polar surface area (TPSA) is 57.6 Å². The van der Waals surface area contributed by atoms with Crippen LogP contribution in [0.5, 0.6) is 0 Å². The largest absolute Gasteiger partial charge is 0.481 e. The molecule has 2 rings (SSSR count). The Morgan fingerprint density at radius 2 is 2.06 bits per heavy atom. The lowest BCUT2D eigenvalue weighted by Gasteiger charge is -2.15. The van der Waals surface area contributed by atoms with Gasteiger partial charge in [-0.3, -0.25) is 9.59 Å². The zero-order chi connectivity index (χ0) is 13.1. The molecule has 96 valence electrons. The Balaban J connectivity index is 1.89. The van der Waals surface area contributed by atoms with Gasteiger partial charge in [0.15, 0.2) is 0 Å². The van der Waals surface area contributed by atoms with Gasteiger partial charge in [0.05, 0.1) is 5.92 Å². The SMILES string of the molecule is O=C(O)[C@@H]1CC(=O)N(CCc2ccc(Cl)cc2)C1. The first-order chi connectivity index (χ1) is 8.56. The van der Waals surface area contributed by atoms with Crippen molar-refractivity contribution in [3.63, 3.8) is 0 Å². The highest BCUT2D eigenvalue weighted by Gasteiger charge is 2.33. The van der Waals surface area contributed by atoms with Gasteiger partial charge in [-0.2, -0.15) is 0 Å². The molecule has 0 bridgehead atoms. The number of hydrogen-bond acceptors (Lipinski definition) is 2. The van der Waals surface area contributed by atoms with Crippen molar-refractivity contribution in [2.24, 2.45) is 5.92 Å². The Bertz CT molecular complexity index is 458. The predicted octanol–water partition coefficient (Wildman–Crippen LogP) is 1.82. The fraction of sp³-hybridized carbons (Fsp3) is 0.385. The van der Waals surface area contributed by atoms with Crippen molar-refractivity contribution in [2.45, 2.75) is 12.8 Å². The van der Waals surface area contributed by atoms with Crippen LogP contribution in [0.1, 0.15) is 12.0 Å². The highest BCUT2D eigenvalue weighted by molar-refractivity contribution is 6.30. The van der Waals surface area contributed by atoms with Crippen molar-refractivity contribution in [1.29, 1.82) is 0 Å². The van der Waals surface area contributed by atoms with Crippen LogP contribution < -0.4 is 0 Å². The molecule has 0 aromatic heterocycles. The molecule has 1 fully saturated rings. The third-order valence-electron chi connectivity index (χ3n) is 3.15. The van der Waals surface area contributed by atoms with Crippen molar-refractivity contribution in [1.82, 2.24) is 4.90 Å². The van der Waals surface area contributed by atoms with Crippen molar-refractivity contribution in [3.05, 3.63) is 34.9 Å². The Labute approximate surface area is 110 Å². The molecule has 1 atom stereocenters. The van der Waals surface area contributed by atoms with Gasteiger partial charge in [0.1, 0.15) is 0 Å². The monoisotopic (exact) mass is 267 g/mol. The van der Waals surface area contributed by atoms with Crippen molar-refractivity contribution in [3.8, 4) is 0 Å². The minimum Gasteiger partial charge on any atom is -0.481 e. The van der Waals surface area contributed by atoms with E-state index in [9.17, 15) is 9.59 Å². The summed E-state index contributed by atoms with van der Waals surface area (Å²) in [4.78, 5) is 24.0. The molecule has 0 unspecified atom stereocenters. The van der Waals surface area contributed by atoms with E-state index < -0.39 is 11.9 Å². The summed E-state index contributed by atoms with van der Waals surface area (Å²) in [6.45, 7) is 0.881. The van der Waals surface area contributed by atoms with Gasteiger partial charge in [0, 0.05) is 24.5 Å². The Hall–Kier alpha value is -1.55. The average Bonchev–Trinajstić information content (AvgIpc) is 2.70. The zero-order valence-corrected chi connectivity index (χ0v) is 10.6. The van der Waals surface area contributed by atoms with Gasteiger partial charge in [-0.15, -0.1) is 0 Å². The zero-order valence-electron chi connectivity index (χ0n) is 9.80. The van der Waals surface area contributed by atoms with Crippen LogP contribution >= 0.6 is 11.6 Å². The third-order valence-corrected chi connectivity index (χ3v) is 3.40. The summed E-state index contributed by atoms with van der Waals surface area (Å²) in [5.41, 5.74) is 1.09. The van der Waals surface area contributed by atoms with E-state index in [0.717, 1.165) is 12.0 Å². The molecule has 1 saturated heterocycles. The average molecular weight is 268 g/mol. The normalized spacial score (nSPS) is 19.3. The number of aliphatic carboxylic acids is 1. The van der Waals surface area contributed by atoms with Crippen LogP contribution in [-0.4, -0.2) is 35.0 Å². The maximum absolute atomic E-state index is 11.6. The van der Waals surface area contributed by atoms with Gasteiger partial charge in [-0.05, 0) is 24.1 Å². The van der Waals surface area contributed by atoms with Gasteiger partial charge in [0.2, 0.25) is 5.91 Å². The summed E-state index contributed by atoms with van der Waals surface area (Å²) in [6.07, 6.45) is 0.838. The quantitative estimate of drug-likeness (QED) is 0.905. The van der Waals surface area contributed by atoms with E-state index in [1.54, 1.807) is 4.90 Å². The van der Waals surface area contributed by atoms with E-state index >= 15 is 0 Å². The molecule has 1 aliphatic heterocycles. The molecule has 1 amide bonds. The van der Waals surface area contributed by atoms with E-state index in [4.69, 9.17) is 16.7 Å². The van der Waals surface area contributed by atoms with E-state index in [2.05, 4.69) is 0 Å². The van der Waals surface area contributed by atoms with Crippen LogP contribution in [0.4, 0.5) is 0 Å². The van der Waals surface area contributed by atoms with Crippen LogP contribution in [0.2, 0.25) is 5.02 Å². The first kappa shape index (κ1) is 12.9. The summed E-state index contributed by atoms with van der Waals surface area (Å²) in [5, 5.41) is 9.55. The fourth-order valence-corrected chi connectivity index (χ4v) is 2.19. The maximum Gasteiger partial charge on any atom is 0.308 e. The molecular weight excluding hydrogens is 254 g/mol. The molecule has 1 heterocycles. The lowest BCUT2D eigenvalue weighted by Crippen LogP contribution is -2.28. The van der Waals surface area contributed by atoms with Crippen LogP contribution in [0, 0.1) is 5.92 Å². The number of nitrogens with zero attached hydrogens (tertiary/aromatic N) is 1. The highest BCUT2D eigenvalue weighted by atomic mass is 35.5. The number of carboxylic acids is 1. The number of hydrogen-bond donors (Lipinski definition) is 1. The number of benzene rings is 1. The highest BCUT2D eigenvalue weighted by Crippen LogP contribution is 2.18. The summed E-state index contributed by atoms with van der Waals surface area (Å²) >= 11 is 5.79. The molecule has 0 radical (unpaired) electrons. The number of likely N-dealkylation sites (tertiary alicyclic amines) is 1. The molecule has 1 aromatic carbocycles. The van der Waals surface area contributed by atoms with Crippen molar-refractivity contribution < 1.29 is 14.7 Å². The third kappa shape index (κ3) is 3.01. The molecule has 1 aliphatic rings. The van der Waals surface area contributed by atoms with Crippen LogP contribution in [0.15, 0.2) is 24.3 Å². The molecule has 5 heteroatoms. The van der Waals surface area contributed by atoms with Crippen molar-refractivity contribution in [2.75, 3.05) is 13.1 Å². The van der Waals surface area contributed by atoms with E-state index in [0.29, 0.717) is 18.1 Å². The molecule has 0 spiro atoms. The number of rotatable bonds is 4. The van der Waals surface area contributed by atoms with Gasteiger partial charge < -0.3 is 10.0 Å². The van der Waals surface area contributed by atoms with Crippen LogP contribution in [0.25, 0.3) is 0 Å². The van der Waals surface area contributed by atoms with Crippen LogP contribution in [-0.2, 0) is 16.0 Å². The number of amides is 1. The Kier molecular flexibility index (Phi) is 3.87. The lowest BCUT2D eigenvalue weighted by molar-refractivity contribution is -0.141. The minimum absolute atomic E-state index is 0.0728. The molecule has 1 aromatic rings. The van der Waals surface area contributed by atoms with Gasteiger partial charge in [-0.1, -0.05) is 23.7 Å². The lowest BCUT2D eigenvalue weighted by atomic mass is 10.1. The summed E-state index contributed by atoms with van der Waals surface area (Å²) in [5.74, 6) is -1.52.